The molecule has 0 aliphatic rings. The Balaban J connectivity index is 4.54. The molecule has 100 valence electrons. The van der Waals surface area contributed by atoms with E-state index < -0.39 is 6.04 Å². The molecule has 0 aromatic carbocycles. The molecule has 17 heavy (non-hydrogen) atoms. The molecule has 2 amide bonds. The molecule has 0 bridgehead atoms. The third-order valence-electron chi connectivity index (χ3n) is 2.43. The van der Waals surface area contributed by atoms with Crippen LogP contribution >= 0.6 is 0 Å². The van der Waals surface area contributed by atoms with Gasteiger partial charge in [-0.25, -0.2) is 5.06 Å². The molecule has 0 aliphatic heterocycles. The summed E-state index contributed by atoms with van der Waals surface area (Å²) in [5.41, 5.74) is 0. The van der Waals surface area contributed by atoms with Crippen molar-refractivity contribution in [3.63, 3.8) is 0 Å². The number of hydrogen-bond donors (Lipinski definition) is 1. The van der Waals surface area contributed by atoms with E-state index in [2.05, 4.69) is 5.32 Å². The molecule has 0 saturated heterocycles. The first-order valence-electron chi connectivity index (χ1n) is 5.90. The van der Waals surface area contributed by atoms with Crippen molar-refractivity contribution in [2.45, 2.75) is 40.2 Å². The van der Waals surface area contributed by atoms with E-state index >= 15 is 0 Å². The van der Waals surface area contributed by atoms with E-state index in [1.54, 1.807) is 0 Å². The van der Waals surface area contributed by atoms with Gasteiger partial charge in [-0.15, -0.1) is 0 Å². The molecule has 0 aromatic rings. The second-order valence-electron chi connectivity index (χ2n) is 4.91. The SMILES string of the molecule is CON(C)C(=O)C(NC(=O)CC(C)C)C(C)C. The Bertz CT molecular complexity index is 264. The first-order chi connectivity index (χ1) is 7.79. The average molecular weight is 244 g/mol. The van der Waals surface area contributed by atoms with Crippen LogP contribution in [0.15, 0.2) is 0 Å². The van der Waals surface area contributed by atoms with Crippen LogP contribution in [0.1, 0.15) is 34.1 Å². The quantitative estimate of drug-likeness (QED) is 0.714. The van der Waals surface area contributed by atoms with Gasteiger partial charge >= 0.3 is 0 Å². The van der Waals surface area contributed by atoms with Crippen molar-refractivity contribution in [2.24, 2.45) is 11.8 Å². The summed E-state index contributed by atoms with van der Waals surface area (Å²) >= 11 is 0. The van der Waals surface area contributed by atoms with E-state index in [-0.39, 0.29) is 23.7 Å². The summed E-state index contributed by atoms with van der Waals surface area (Å²) in [6.07, 6.45) is 0.424. The van der Waals surface area contributed by atoms with Crippen molar-refractivity contribution < 1.29 is 14.4 Å². The maximum Gasteiger partial charge on any atom is 0.268 e. The van der Waals surface area contributed by atoms with Crippen LogP contribution in [0, 0.1) is 11.8 Å². The highest BCUT2D eigenvalue weighted by Crippen LogP contribution is 2.07. The van der Waals surface area contributed by atoms with Crippen molar-refractivity contribution in [2.75, 3.05) is 14.2 Å². The molecule has 0 radical (unpaired) electrons. The average Bonchev–Trinajstić information content (AvgIpc) is 2.22. The molecular weight excluding hydrogens is 220 g/mol. The number of likely N-dealkylation sites (N-methyl/N-ethyl adjacent to an activating group) is 1. The second kappa shape index (κ2) is 7.27. The van der Waals surface area contributed by atoms with Gasteiger partial charge < -0.3 is 5.32 Å². The molecule has 0 spiro atoms. The molecule has 0 aliphatic carbocycles. The lowest BCUT2D eigenvalue weighted by molar-refractivity contribution is -0.172. The minimum absolute atomic E-state index is 0.0243. The van der Waals surface area contributed by atoms with Gasteiger partial charge in [0.1, 0.15) is 6.04 Å². The fourth-order valence-corrected chi connectivity index (χ4v) is 1.40. The van der Waals surface area contributed by atoms with Crippen molar-refractivity contribution in [1.29, 1.82) is 0 Å². The summed E-state index contributed by atoms with van der Waals surface area (Å²) in [7, 11) is 2.96. The van der Waals surface area contributed by atoms with Crippen LogP contribution in [0.25, 0.3) is 0 Å². The highest BCUT2D eigenvalue weighted by molar-refractivity contribution is 5.87. The first-order valence-corrected chi connectivity index (χ1v) is 5.90. The predicted octanol–water partition coefficient (Wildman–Crippen LogP) is 1.19. The number of rotatable bonds is 6. The summed E-state index contributed by atoms with van der Waals surface area (Å²) in [6, 6.07) is -0.536. The molecule has 5 nitrogen and oxygen atoms in total. The number of amides is 2. The van der Waals surface area contributed by atoms with Crippen LogP contribution in [0.3, 0.4) is 0 Å². The number of nitrogens with zero attached hydrogens (tertiary/aromatic N) is 1. The van der Waals surface area contributed by atoms with Gasteiger partial charge in [0.25, 0.3) is 5.91 Å². The zero-order chi connectivity index (χ0) is 13.6. The Hall–Kier alpha value is -1.10. The van der Waals surface area contributed by atoms with Crippen LogP contribution in [0.2, 0.25) is 0 Å². The normalized spacial score (nSPS) is 12.7. The van der Waals surface area contributed by atoms with Crippen LogP contribution in [0.4, 0.5) is 0 Å². The van der Waals surface area contributed by atoms with Crippen LogP contribution in [-0.4, -0.2) is 37.1 Å². The van der Waals surface area contributed by atoms with E-state index in [1.165, 1.54) is 14.2 Å². The van der Waals surface area contributed by atoms with Crippen molar-refractivity contribution >= 4 is 11.8 Å². The molecule has 1 N–H and O–H groups in total. The summed E-state index contributed by atoms with van der Waals surface area (Å²) in [4.78, 5) is 28.4. The van der Waals surface area contributed by atoms with Crippen LogP contribution < -0.4 is 5.32 Å². The van der Waals surface area contributed by atoms with Crippen molar-refractivity contribution in [3.05, 3.63) is 0 Å². The summed E-state index contributed by atoms with van der Waals surface area (Å²) < 4.78 is 0. The first kappa shape index (κ1) is 15.9. The third kappa shape index (κ3) is 5.68. The highest BCUT2D eigenvalue weighted by Gasteiger charge is 2.27. The van der Waals surface area contributed by atoms with Gasteiger partial charge in [0.05, 0.1) is 7.11 Å². The summed E-state index contributed by atoms with van der Waals surface area (Å²) in [6.45, 7) is 7.71. The van der Waals surface area contributed by atoms with Crippen LogP contribution in [0.5, 0.6) is 0 Å². The topological polar surface area (TPSA) is 58.6 Å². The maximum absolute atomic E-state index is 11.9. The standard InChI is InChI=1S/C12H24N2O3/c1-8(2)7-10(15)13-11(9(3)4)12(16)14(5)17-6/h8-9,11H,7H2,1-6H3,(H,13,15). The Morgan fingerprint density at radius 2 is 1.76 bits per heavy atom. The van der Waals surface area contributed by atoms with Gasteiger partial charge in [-0.3, -0.25) is 14.4 Å². The zero-order valence-corrected chi connectivity index (χ0v) is 11.6. The Morgan fingerprint density at radius 3 is 2.12 bits per heavy atom. The van der Waals surface area contributed by atoms with Gasteiger partial charge in [-0.2, -0.15) is 0 Å². The molecule has 0 aromatic heterocycles. The second-order valence-corrected chi connectivity index (χ2v) is 4.91. The molecule has 0 saturated carbocycles. The molecular formula is C12H24N2O3. The molecule has 0 rings (SSSR count). The molecule has 1 atom stereocenters. The Kier molecular flexibility index (Phi) is 6.80. The van der Waals surface area contributed by atoms with E-state index in [4.69, 9.17) is 4.84 Å². The highest BCUT2D eigenvalue weighted by atomic mass is 16.7. The van der Waals surface area contributed by atoms with Crippen LogP contribution in [-0.2, 0) is 14.4 Å². The number of hydrogen-bond acceptors (Lipinski definition) is 3. The van der Waals surface area contributed by atoms with E-state index in [0.29, 0.717) is 6.42 Å². The fraction of sp³-hybridized carbons (Fsp3) is 0.833. The number of carbonyl (C=O) groups excluding carboxylic acids is 2. The van der Waals surface area contributed by atoms with Gasteiger partial charge in [0.15, 0.2) is 0 Å². The lowest BCUT2D eigenvalue weighted by atomic mass is 10.0. The van der Waals surface area contributed by atoms with Gasteiger partial charge in [0.2, 0.25) is 5.91 Å². The molecule has 0 fully saturated rings. The predicted molar refractivity (Wildman–Crippen MR) is 66.0 cm³/mol. The third-order valence-corrected chi connectivity index (χ3v) is 2.43. The van der Waals surface area contributed by atoms with E-state index in [9.17, 15) is 9.59 Å². The molecule has 1 unspecified atom stereocenters. The minimum atomic E-state index is -0.536. The Morgan fingerprint density at radius 1 is 1.24 bits per heavy atom. The zero-order valence-electron chi connectivity index (χ0n) is 11.6. The lowest BCUT2D eigenvalue weighted by Crippen LogP contribution is -2.50. The van der Waals surface area contributed by atoms with Crippen molar-refractivity contribution in [3.8, 4) is 0 Å². The van der Waals surface area contributed by atoms with E-state index in [0.717, 1.165) is 5.06 Å². The Labute approximate surface area is 103 Å². The largest absolute Gasteiger partial charge is 0.344 e. The summed E-state index contributed by atoms with van der Waals surface area (Å²) in [5, 5.41) is 3.89. The van der Waals surface area contributed by atoms with Gasteiger partial charge in [-0.1, -0.05) is 27.7 Å². The minimum Gasteiger partial charge on any atom is -0.344 e. The monoisotopic (exact) mass is 244 g/mol. The fourth-order valence-electron chi connectivity index (χ4n) is 1.40. The van der Waals surface area contributed by atoms with Gasteiger partial charge in [-0.05, 0) is 11.8 Å². The van der Waals surface area contributed by atoms with E-state index in [1.807, 2.05) is 27.7 Å². The number of nitrogens with one attached hydrogen (secondary N) is 1. The summed E-state index contributed by atoms with van der Waals surface area (Å²) in [5.74, 6) is -0.0366. The molecule has 0 heterocycles. The smallest absolute Gasteiger partial charge is 0.268 e. The number of carbonyl (C=O) groups is 2. The number of hydroxylamine groups is 2. The van der Waals surface area contributed by atoms with Gasteiger partial charge in [0, 0.05) is 13.5 Å². The lowest BCUT2D eigenvalue weighted by Gasteiger charge is -2.25. The maximum atomic E-state index is 11.9. The molecule has 5 heteroatoms. The van der Waals surface area contributed by atoms with Crippen molar-refractivity contribution in [1.82, 2.24) is 10.4 Å².